The van der Waals surface area contributed by atoms with Crippen molar-refractivity contribution in [1.82, 2.24) is 4.90 Å². The van der Waals surface area contributed by atoms with E-state index in [0.29, 0.717) is 26.3 Å². The Labute approximate surface area is 143 Å². The first-order valence-corrected chi connectivity index (χ1v) is 8.51. The summed E-state index contributed by atoms with van der Waals surface area (Å²) in [5, 5.41) is 8.86. The number of aliphatic carboxylic acids is 1. The molecule has 1 heterocycles. The lowest BCUT2D eigenvalue weighted by atomic mass is 9.89. The van der Waals surface area contributed by atoms with Gasteiger partial charge in [-0.2, -0.15) is 0 Å². The van der Waals surface area contributed by atoms with Crippen LogP contribution in [0.5, 0.6) is 0 Å². The van der Waals surface area contributed by atoms with Crippen molar-refractivity contribution in [3.8, 4) is 0 Å². The lowest BCUT2D eigenvalue weighted by Crippen LogP contribution is -2.47. The summed E-state index contributed by atoms with van der Waals surface area (Å²) in [6, 6.07) is 9.90. The summed E-state index contributed by atoms with van der Waals surface area (Å²) in [4.78, 5) is 25.4. The molecule has 0 atom stereocenters. The number of rotatable bonds is 7. The molecule has 1 aromatic rings. The second-order valence-electron chi connectivity index (χ2n) is 7.20. The molecule has 0 bridgehead atoms. The van der Waals surface area contributed by atoms with Crippen LogP contribution < -0.4 is 0 Å². The van der Waals surface area contributed by atoms with Crippen molar-refractivity contribution in [3.63, 3.8) is 0 Å². The third kappa shape index (κ3) is 5.34. The van der Waals surface area contributed by atoms with Gasteiger partial charge in [-0.05, 0) is 38.2 Å². The van der Waals surface area contributed by atoms with Crippen LogP contribution in [0.25, 0.3) is 0 Å². The van der Waals surface area contributed by atoms with E-state index in [4.69, 9.17) is 9.84 Å². The summed E-state index contributed by atoms with van der Waals surface area (Å²) in [6.07, 6.45) is 1.73. The van der Waals surface area contributed by atoms with Gasteiger partial charge in [0.25, 0.3) is 0 Å². The molecule has 1 N–H and O–H groups in total. The number of piperidine rings is 1. The summed E-state index contributed by atoms with van der Waals surface area (Å²) in [6.45, 7) is 5.96. The fourth-order valence-electron chi connectivity index (χ4n) is 3.08. The largest absolute Gasteiger partial charge is 0.481 e. The van der Waals surface area contributed by atoms with E-state index >= 15 is 0 Å². The van der Waals surface area contributed by atoms with Crippen LogP contribution in [0.2, 0.25) is 0 Å². The molecule has 132 valence electrons. The second kappa shape index (κ2) is 8.29. The van der Waals surface area contributed by atoms with Gasteiger partial charge < -0.3 is 14.7 Å². The highest BCUT2D eigenvalue weighted by molar-refractivity contribution is 5.82. The van der Waals surface area contributed by atoms with Crippen molar-refractivity contribution >= 4 is 11.9 Å². The molecule has 24 heavy (non-hydrogen) atoms. The second-order valence-corrected chi connectivity index (χ2v) is 7.20. The van der Waals surface area contributed by atoms with Gasteiger partial charge in [-0.15, -0.1) is 0 Å². The third-order valence-corrected chi connectivity index (χ3v) is 4.52. The summed E-state index contributed by atoms with van der Waals surface area (Å²) in [5.41, 5.74) is 0.518. The van der Waals surface area contributed by atoms with Crippen molar-refractivity contribution in [2.24, 2.45) is 11.3 Å². The van der Waals surface area contributed by atoms with Crippen LogP contribution in [0.4, 0.5) is 0 Å². The number of carbonyl (C=O) groups excluding carboxylic acids is 1. The minimum absolute atomic E-state index is 0.0873. The Morgan fingerprint density at radius 1 is 1.21 bits per heavy atom. The van der Waals surface area contributed by atoms with E-state index in [1.165, 1.54) is 0 Å². The summed E-state index contributed by atoms with van der Waals surface area (Å²) in [5.74, 6) is -0.484. The van der Waals surface area contributed by atoms with Gasteiger partial charge in [-0.3, -0.25) is 9.59 Å². The van der Waals surface area contributed by atoms with Crippen LogP contribution in [-0.4, -0.2) is 41.6 Å². The molecule has 0 aliphatic carbocycles. The van der Waals surface area contributed by atoms with E-state index < -0.39 is 11.4 Å². The number of likely N-dealkylation sites (tertiary alicyclic amines) is 1. The molecule has 1 aliphatic rings. The maximum Gasteiger partial charge on any atom is 0.303 e. The number of carbonyl (C=O) groups is 2. The van der Waals surface area contributed by atoms with Crippen molar-refractivity contribution in [3.05, 3.63) is 35.9 Å². The molecule has 1 amide bonds. The first-order chi connectivity index (χ1) is 11.4. The fourth-order valence-corrected chi connectivity index (χ4v) is 3.08. The number of benzene rings is 1. The van der Waals surface area contributed by atoms with Gasteiger partial charge in [0, 0.05) is 19.5 Å². The standard InChI is InChI=1S/C19H27NO4/c1-19(2,14-24-13-16-6-4-3-5-7-16)18(23)20-10-8-15(9-11-20)12-17(21)22/h3-7,15H,8-14H2,1-2H3,(H,21,22). The van der Waals surface area contributed by atoms with Crippen LogP contribution in [0.15, 0.2) is 30.3 Å². The molecular formula is C19H27NO4. The SMILES string of the molecule is CC(C)(COCc1ccccc1)C(=O)N1CCC(CC(=O)O)CC1. The van der Waals surface area contributed by atoms with Crippen LogP contribution in [0, 0.1) is 11.3 Å². The third-order valence-electron chi connectivity index (χ3n) is 4.52. The topological polar surface area (TPSA) is 66.8 Å². The van der Waals surface area contributed by atoms with Gasteiger partial charge in [-0.25, -0.2) is 0 Å². The molecular weight excluding hydrogens is 306 g/mol. The Balaban J connectivity index is 1.79. The van der Waals surface area contributed by atoms with Gasteiger partial charge in [0.05, 0.1) is 18.6 Å². The molecule has 1 aromatic carbocycles. The fraction of sp³-hybridized carbons (Fsp3) is 0.579. The molecule has 0 aromatic heterocycles. The maximum absolute atomic E-state index is 12.7. The summed E-state index contributed by atoms with van der Waals surface area (Å²) < 4.78 is 5.74. The zero-order chi connectivity index (χ0) is 17.6. The van der Waals surface area contributed by atoms with Gasteiger partial charge >= 0.3 is 5.97 Å². The molecule has 1 saturated heterocycles. The predicted octanol–water partition coefficient (Wildman–Crippen LogP) is 2.94. The molecule has 1 fully saturated rings. The number of carboxylic acid groups (broad SMARTS) is 1. The van der Waals surface area contributed by atoms with E-state index in [2.05, 4.69) is 0 Å². The average Bonchev–Trinajstić information content (AvgIpc) is 2.55. The Morgan fingerprint density at radius 2 is 1.83 bits per heavy atom. The molecule has 5 nitrogen and oxygen atoms in total. The van der Waals surface area contributed by atoms with E-state index in [1.54, 1.807) is 0 Å². The highest BCUT2D eigenvalue weighted by atomic mass is 16.5. The Bertz CT molecular complexity index is 548. The zero-order valence-electron chi connectivity index (χ0n) is 14.5. The normalized spacial score (nSPS) is 16.2. The Morgan fingerprint density at radius 3 is 2.42 bits per heavy atom. The summed E-state index contributed by atoms with van der Waals surface area (Å²) in [7, 11) is 0. The van der Waals surface area contributed by atoms with Crippen molar-refractivity contribution < 1.29 is 19.4 Å². The highest BCUT2D eigenvalue weighted by Crippen LogP contribution is 2.26. The number of ether oxygens (including phenoxy) is 1. The number of amides is 1. The zero-order valence-corrected chi connectivity index (χ0v) is 14.5. The minimum Gasteiger partial charge on any atom is -0.481 e. The number of hydrogen-bond acceptors (Lipinski definition) is 3. The van der Waals surface area contributed by atoms with E-state index in [1.807, 2.05) is 49.1 Å². The highest BCUT2D eigenvalue weighted by Gasteiger charge is 2.34. The average molecular weight is 333 g/mol. The first-order valence-electron chi connectivity index (χ1n) is 8.51. The first kappa shape index (κ1) is 18.5. The maximum atomic E-state index is 12.7. The summed E-state index contributed by atoms with van der Waals surface area (Å²) >= 11 is 0. The van der Waals surface area contributed by atoms with Crippen LogP contribution in [0.3, 0.4) is 0 Å². The molecule has 1 aliphatic heterocycles. The Kier molecular flexibility index (Phi) is 6.37. The lowest BCUT2D eigenvalue weighted by Gasteiger charge is -2.36. The van der Waals surface area contributed by atoms with Gasteiger partial charge in [0.2, 0.25) is 5.91 Å². The number of nitrogens with zero attached hydrogens (tertiary/aromatic N) is 1. The van der Waals surface area contributed by atoms with Crippen molar-refractivity contribution in [1.29, 1.82) is 0 Å². The Hall–Kier alpha value is -1.88. The van der Waals surface area contributed by atoms with Gasteiger partial charge in [0.15, 0.2) is 0 Å². The number of carboxylic acids is 1. The van der Waals surface area contributed by atoms with E-state index in [-0.39, 0.29) is 18.2 Å². The van der Waals surface area contributed by atoms with Crippen LogP contribution in [-0.2, 0) is 20.9 Å². The number of hydrogen-bond donors (Lipinski definition) is 1. The van der Waals surface area contributed by atoms with Crippen molar-refractivity contribution in [2.45, 2.75) is 39.7 Å². The molecule has 0 unspecified atom stereocenters. The van der Waals surface area contributed by atoms with E-state index in [0.717, 1.165) is 18.4 Å². The van der Waals surface area contributed by atoms with Gasteiger partial charge in [0.1, 0.15) is 0 Å². The molecule has 0 spiro atoms. The molecule has 0 saturated carbocycles. The monoisotopic (exact) mass is 333 g/mol. The van der Waals surface area contributed by atoms with Crippen molar-refractivity contribution in [2.75, 3.05) is 19.7 Å². The lowest BCUT2D eigenvalue weighted by molar-refractivity contribution is -0.145. The molecule has 5 heteroatoms. The van der Waals surface area contributed by atoms with Gasteiger partial charge in [-0.1, -0.05) is 30.3 Å². The van der Waals surface area contributed by atoms with E-state index in [9.17, 15) is 9.59 Å². The molecule has 2 rings (SSSR count). The molecule has 0 radical (unpaired) electrons. The van der Waals surface area contributed by atoms with Crippen LogP contribution >= 0.6 is 0 Å². The smallest absolute Gasteiger partial charge is 0.303 e. The quantitative estimate of drug-likeness (QED) is 0.833. The predicted molar refractivity (Wildman–Crippen MR) is 91.4 cm³/mol. The minimum atomic E-state index is -0.755. The van der Waals surface area contributed by atoms with Crippen LogP contribution in [0.1, 0.15) is 38.7 Å².